The molecule has 4 aliphatic rings. The number of amides is 2. The fourth-order valence-corrected chi connectivity index (χ4v) is 7.84. The molecule has 3 aromatic rings. The van der Waals surface area contributed by atoms with E-state index in [1.165, 1.54) is 23.3 Å². The number of urea groups is 1. The van der Waals surface area contributed by atoms with E-state index in [9.17, 15) is 14.9 Å². The van der Waals surface area contributed by atoms with Crippen molar-refractivity contribution < 1.29 is 9.72 Å². The van der Waals surface area contributed by atoms with Crippen molar-refractivity contribution in [2.24, 2.45) is 11.8 Å². The lowest BCUT2D eigenvalue weighted by atomic mass is 9.45. The Balaban J connectivity index is 1.24. The van der Waals surface area contributed by atoms with Gasteiger partial charge in [-0.1, -0.05) is 35.6 Å². The van der Waals surface area contributed by atoms with Crippen molar-refractivity contribution in [3.63, 3.8) is 0 Å². The van der Waals surface area contributed by atoms with Gasteiger partial charge in [-0.2, -0.15) is 0 Å². The standard InChI is InChI=1S/C24H24N4O3S/c29-21(26-22-25-19-3-1-2-4-20(19)32-22)27-24-12-15-9-16(13-24)11-23(10-15,14-24)17-5-7-18(8-6-17)28(30)31/h1-8,15-16H,9-14H2,(H2,25,26,27,29). The van der Waals surface area contributed by atoms with Crippen molar-refractivity contribution in [1.29, 1.82) is 0 Å². The maximum absolute atomic E-state index is 13.0. The first kappa shape index (κ1) is 19.7. The van der Waals surface area contributed by atoms with Gasteiger partial charge in [-0.25, -0.2) is 9.78 Å². The van der Waals surface area contributed by atoms with E-state index in [0.29, 0.717) is 17.0 Å². The average Bonchev–Trinajstić information content (AvgIpc) is 3.14. The summed E-state index contributed by atoms with van der Waals surface area (Å²) in [6.45, 7) is 0. The van der Waals surface area contributed by atoms with Crippen molar-refractivity contribution in [2.45, 2.75) is 49.5 Å². The lowest BCUT2D eigenvalue weighted by Gasteiger charge is -2.62. The lowest BCUT2D eigenvalue weighted by molar-refractivity contribution is -0.384. The van der Waals surface area contributed by atoms with Gasteiger partial charge >= 0.3 is 6.03 Å². The van der Waals surface area contributed by atoms with Crippen molar-refractivity contribution in [1.82, 2.24) is 10.3 Å². The van der Waals surface area contributed by atoms with Gasteiger partial charge in [0.1, 0.15) is 0 Å². The van der Waals surface area contributed by atoms with Crippen LogP contribution in [0.4, 0.5) is 15.6 Å². The van der Waals surface area contributed by atoms with Crippen molar-refractivity contribution >= 4 is 38.4 Å². The number of hydrogen-bond acceptors (Lipinski definition) is 5. The van der Waals surface area contributed by atoms with Gasteiger partial charge in [0.15, 0.2) is 5.13 Å². The molecule has 2 N–H and O–H groups in total. The van der Waals surface area contributed by atoms with E-state index in [1.54, 1.807) is 12.1 Å². The van der Waals surface area contributed by atoms with Crippen LogP contribution in [-0.2, 0) is 5.41 Å². The first-order valence-corrected chi connectivity index (χ1v) is 11.9. The average molecular weight is 449 g/mol. The summed E-state index contributed by atoms with van der Waals surface area (Å²) in [7, 11) is 0. The monoisotopic (exact) mass is 448 g/mol. The fraction of sp³-hybridized carbons (Fsp3) is 0.417. The molecule has 0 radical (unpaired) electrons. The topological polar surface area (TPSA) is 97.2 Å². The Morgan fingerprint density at radius 3 is 2.47 bits per heavy atom. The van der Waals surface area contributed by atoms with Gasteiger partial charge in [0.25, 0.3) is 5.69 Å². The molecule has 0 aliphatic heterocycles. The maximum Gasteiger partial charge on any atom is 0.321 e. The number of para-hydroxylation sites is 1. The Kier molecular flexibility index (Phi) is 4.30. The van der Waals surface area contributed by atoms with Crippen LogP contribution in [0.1, 0.15) is 44.1 Å². The quantitative estimate of drug-likeness (QED) is 0.400. The zero-order valence-corrected chi connectivity index (χ0v) is 18.4. The Hall–Kier alpha value is -3.00. The molecule has 2 atom stereocenters. The van der Waals surface area contributed by atoms with Gasteiger partial charge in [-0.05, 0) is 73.5 Å². The van der Waals surface area contributed by atoms with E-state index < -0.39 is 0 Å². The van der Waals surface area contributed by atoms with Gasteiger partial charge in [-0.3, -0.25) is 15.4 Å². The summed E-state index contributed by atoms with van der Waals surface area (Å²) < 4.78 is 1.05. The first-order chi connectivity index (χ1) is 15.4. The van der Waals surface area contributed by atoms with Crippen LogP contribution < -0.4 is 10.6 Å². The number of benzene rings is 2. The number of carbonyl (C=O) groups is 1. The minimum atomic E-state index is -0.348. The first-order valence-electron chi connectivity index (χ1n) is 11.1. The summed E-state index contributed by atoms with van der Waals surface area (Å²) in [6, 6.07) is 14.8. The molecular formula is C24H24N4O3S. The molecule has 164 valence electrons. The van der Waals surface area contributed by atoms with Crippen LogP contribution in [0.5, 0.6) is 0 Å². The smallest absolute Gasteiger partial charge is 0.321 e. The summed E-state index contributed by atoms with van der Waals surface area (Å²) >= 11 is 1.48. The summed E-state index contributed by atoms with van der Waals surface area (Å²) in [5.74, 6) is 1.16. The summed E-state index contributed by atoms with van der Waals surface area (Å²) in [5.41, 5.74) is 1.95. The summed E-state index contributed by atoms with van der Waals surface area (Å²) in [4.78, 5) is 28.3. The molecule has 7 nitrogen and oxygen atoms in total. The molecule has 1 aromatic heterocycles. The second-order valence-electron chi connectivity index (χ2n) is 9.89. The third-order valence-electron chi connectivity index (χ3n) is 7.64. The highest BCUT2D eigenvalue weighted by Gasteiger charge is 2.58. The molecule has 4 fully saturated rings. The number of nitrogens with one attached hydrogen (secondary N) is 2. The van der Waals surface area contributed by atoms with Gasteiger partial charge in [0.05, 0.1) is 15.1 Å². The molecule has 2 aromatic carbocycles. The predicted octanol–water partition coefficient (Wildman–Crippen LogP) is 5.62. The molecular weight excluding hydrogens is 424 g/mol. The molecule has 0 saturated heterocycles. The molecule has 7 rings (SSSR count). The van der Waals surface area contributed by atoms with E-state index >= 15 is 0 Å². The van der Waals surface area contributed by atoms with E-state index in [1.807, 2.05) is 36.4 Å². The highest BCUT2D eigenvalue weighted by atomic mass is 32.1. The SMILES string of the molecule is O=C(Nc1nc2ccccc2s1)NC12CC3CC(C1)CC(c1ccc([N+](=O)[O-])cc1)(C3)C2. The molecule has 8 heteroatoms. The van der Waals surface area contributed by atoms with Crippen molar-refractivity contribution in [3.8, 4) is 0 Å². The number of hydrogen-bond donors (Lipinski definition) is 2. The fourth-order valence-electron chi connectivity index (χ4n) is 6.98. The number of aromatic nitrogens is 1. The summed E-state index contributed by atoms with van der Waals surface area (Å²) in [6.07, 6.45) is 6.32. The number of carbonyl (C=O) groups excluding carboxylic acids is 1. The lowest BCUT2D eigenvalue weighted by Crippen LogP contribution is -2.64. The number of fused-ring (bicyclic) bond motifs is 1. The molecule has 4 aliphatic carbocycles. The van der Waals surface area contributed by atoms with Crippen LogP contribution in [0.25, 0.3) is 10.2 Å². The molecule has 1 heterocycles. The number of nitrogens with zero attached hydrogens (tertiary/aromatic N) is 2. The second kappa shape index (κ2) is 7.00. The third kappa shape index (κ3) is 3.24. The van der Waals surface area contributed by atoms with Crippen LogP contribution in [0.3, 0.4) is 0 Å². The minimum absolute atomic E-state index is 0.0116. The van der Waals surface area contributed by atoms with Gasteiger partial charge in [-0.15, -0.1) is 0 Å². The highest BCUT2D eigenvalue weighted by Crippen LogP contribution is 2.62. The van der Waals surface area contributed by atoms with Crippen molar-refractivity contribution in [2.75, 3.05) is 5.32 Å². The Bertz CT molecular complexity index is 1170. The van der Waals surface area contributed by atoms with Crippen LogP contribution in [0.15, 0.2) is 48.5 Å². The van der Waals surface area contributed by atoms with Crippen LogP contribution in [0, 0.1) is 22.0 Å². The number of nitro benzene ring substituents is 1. The number of nitro groups is 1. The minimum Gasteiger partial charge on any atom is -0.332 e. The predicted molar refractivity (Wildman–Crippen MR) is 124 cm³/mol. The Morgan fingerprint density at radius 2 is 1.78 bits per heavy atom. The number of non-ortho nitro benzene ring substituents is 1. The number of rotatable bonds is 4. The Morgan fingerprint density at radius 1 is 1.06 bits per heavy atom. The molecule has 2 unspecified atom stereocenters. The van der Waals surface area contributed by atoms with E-state index in [0.717, 1.165) is 42.3 Å². The van der Waals surface area contributed by atoms with Gasteiger partial charge in [0.2, 0.25) is 0 Å². The second-order valence-corrected chi connectivity index (χ2v) is 10.9. The van der Waals surface area contributed by atoms with E-state index in [4.69, 9.17) is 0 Å². The third-order valence-corrected chi connectivity index (χ3v) is 8.60. The molecule has 2 amide bonds. The van der Waals surface area contributed by atoms with Crippen LogP contribution in [0.2, 0.25) is 0 Å². The zero-order valence-electron chi connectivity index (χ0n) is 17.5. The highest BCUT2D eigenvalue weighted by molar-refractivity contribution is 7.22. The molecule has 4 saturated carbocycles. The summed E-state index contributed by atoms with van der Waals surface area (Å²) in [5, 5.41) is 18.0. The molecule has 32 heavy (non-hydrogen) atoms. The van der Waals surface area contributed by atoms with Crippen LogP contribution in [-0.4, -0.2) is 21.5 Å². The number of thiazole rings is 1. The van der Waals surface area contributed by atoms with Gasteiger partial charge in [0, 0.05) is 17.7 Å². The molecule has 0 spiro atoms. The van der Waals surface area contributed by atoms with Crippen LogP contribution >= 0.6 is 11.3 Å². The zero-order chi connectivity index (χ0) is 21.9. The van der Waals surface area contributed by atoms with Gasteiger partial charge < -0.3 is 5.32 Å². The maximum atomic E-state index is 13.0. The molecule has 4 bridgehead atoms. The van der Waals surface area contributed by atoms with Crippen molar-refractivity contribution in [3.05, 3.63) is 64.2 Å². The largest absolute Gasteiger partial charge is 0.332 e. The Labute approximate surface area is 189 Å². The normalized spacial score (nSPS) is 30.4. The van der Waals surface area contributed by atoms with E-state index in [-0.39, 0.29) is 27.6 Å². The number of anilines is 1. The van der Waals surface area contributed by atoms with E-state index in [2.05, 4.69) is 15.6 Å².